The minimum absolute atomic E-state index is 0.0814. The van der Waals surface area contributed by atoms with Crippen molar-refractivity contribution in [3.63, 3.8) is 0 Å². The van der Waals surface area contributed by atoms with E-state index < -0.39 is 0 Å². The summed E-state index contributed by atoms with van der Waals surface area (Å²) in [7, 11) is 0. The lowest BCUT2D eigenvalue weighted by Crippen LogP contribution is -2.39. The van der Waals surface area contributed by atoms with E-state index in [0.717, 1.165) is 61.8 Å². The average molecular weight is 370 g/mol. The lowest BCUT2D eigenvalue weighted by Gasteiger charge is -2.34. The second kappa shape index (κ2) is 7.25. The van der Waals surface area contributed by atoms with Crippen molar-refractivity contribution in [2.75, 3.05) is 24.5 Å². The number of aromatic nitrogens is 4. The second-order valence-corrected chi connectivity index (χ2v) is 7.83. The lowest BCUT2D eigenvalue weighted by molar-refractivity contribution is 0.0940. The van der Waals surface area contributed by atoms with Gasteiger partial charge in [0.15, 0.2) is 5.82 Å². The highest BCUT2D eigenvalue weighted by Gasteiger charge is 2.30. The van der Waals surface area contributed by atoms with Gasteiger partial charge in [0.05, 0.1) is 0 Å². The van der Waals surface area contributed by atoms with Crippen LogP contribution in [0.1, 0.15) is 66.2 Å². The summed E-state index contributed by atoms with van der Waals surface area (Å²) in [5.41, 5.74) is 1.54. The monoisotopic (exact) mass is 370 g/mol. The third-order valence-electron chi connectivity index (χ3n) is 5.20. The summed E-state index contributed by atoms with van der Waals surface area (Å²) in [5, 5.41) is 6.99. The number of aryl methyl sites for hydroxylation is 1. The summed E-state index contributed by atoms with van der Waals surface area (Å²) >= 11 is 0. The van der Waals surface area contributed by atoms with E-state index >= 15 is 0 Å². The summed E-state index contributed by atoms with van der Waals surface area (Å²) < 4.78 is 5.13. The van der Waals surface area contributed by atoms with Crippen LogP contribution in [0.4, 0.5) is 5.82 Å². The van der Waals surface area contributed by atoms with Crippen LogP contribution in [0, 0.1) is 12.8 Å². The first-order chi connectivity index (χ1) is 13.0. The van der Waals surface area contributed by atoms with Crippen molar-refractivity contribution in [3.8, 4) is 0 Å². The van der Waals surface area contributed by atoms with Gasteiger partial charge in [0.2, 0.25) is 5.89 Å². The van der Waals surface area contributed by atoms with Crippen LogP contribution in [0.15, 0.2) is 4.52 Å². The molecule has 27 heavy (non-hydrogen) atoms. The van der Waals surface area contributed by atoms with Gasteiger partial charge in [0.25, 0.3) is 5.91 Å². The molecule has 4 rings (SSSR count). The Hall–Kier alpha value is -2.51. The van der Waals surface area contributed by atoms with Crippen LogP contribution in [0.3, 0.4) is 0 Å². The van der Waals surface area contributed by atoms with Crippen molar-refractivity contribution in [1.29, 1.82) is 0 Å². The number of nitrogens with zero attached hydrogens (tertiary/aromatic N) is 5. The smallest absolute Gasteiger partial charge is 0.270 e. The molecule has 1 N–H and O–H groups in total. The van der Waals surface area contributed by atoms with E-state index in [1.165, 1.54) is 0 Å². The number of nitrogens with one attached hydrogen (secondary N) is 1. The second-order valence-electron chi connectivity index (χ2n) is 7.83. The fourth-order valence-electron chi connectivity index (χ4n) is 3.87. The largest absolute Gasteiger partial charge is 0.356 e. The lowest BCUT2D eigenvalue weighted by atomic mass is 9.95. The van der Waals surface area contributed by atoms with E-state index in [-0.39, 0.29) is 5.91 Å². The average Bonchev–Trinajstić information content (AvgIpc) is 3.08. The Kier molecular flexibility index (Phi) is 4.80. The fourth-order valence-corrected chi connectivity index (χ4v) is 3.87. The van der Waals surface area contributed by atoms with E-state index in [4.69, 9.17) is 9.51 Å². The van der Waals surface area contributed by atoms with E-state index in [9.17, 15) is 4.79 Å². The van der Waals surface area contributed by atoms with Crippen LogP contribution in [0.25, 0.3) is 0 Å². The summed E-state index contributed by atoms with van der Waals surface area (Å²) in [6.07, 6.45) is 3.45. The molecule has 0 saturated carbocycles. The maximum absolute atomic E-state index is 12.4. The normalized spacial score (nSPS) is 17.9. The maximum Gasteiger partial charge on any atom is 0.270 e. The van der Waals surface area contributed by atoms with Crippen LogP contribution in [0.2, 0.25) is 0 Å². The highest BCUT2D eigenvalue weighted by atomic mass is 16.5. The highest BCUT2D eigenvalue weighted by molar-refractivity contribution is 5.96. The van der Waals surface area contributed by atoms with E-state index in [1.807, 2.05) is 6.92 Å². The number of carbonyl (C=O) groups excluding carboxylic acids is 1. The van der Waals surface area contributed by atoms with Gasteiger partial charge in [0, 0.05) is 44.5 Å². The van der Waals surface area contributed by atoms with Crippen molar-refractivity contribution >= 4 is 11.7 Å². The third kappa shape index (κ3) is 3.65. The van der Waals surface area contributed by atoms with Crippen molar-refractivity contribution in [3.05, 3.63) is 28.8 Å². The number of piperidine rings is 1. The standard InChI is InChI=1S/C19H26N6O2/c1-11(2)10-15-22-16-14(4-7-20-19(16)26)18(23-15)25-8-5-13(6-9-25)17-21-12(3)27-24-17/h11,13H,4-10H2,1-3H3,(H,20,26). The SMILES string of the molecule is Cc1nc(C2CCN(c3nc(CC(C)C)nc4c3CCNC4=O)CC2)no1. The number of anilines is 1. The number of hydrogen-bond donors (Lipinski definition) is 1. The van der Waals surface area contributed by atoms with Crippen molar-refractivity contribution in [1.82, 2.24) is 25.4 Å². The fraction of sp³-hybridized carbons (Fsp3) is 0.632. The molecule has 1 amide bonds. The third-order valence-corrected chi connectivity index (χ3v) is 5.20. The number of hydrogen-bond acceptors (Lipinski definition) is 7. The molecule has 8 nitrogen and oxygen atoms in total. The van der Waals surface area contributed by atoms with Gasteiger partial charge in [-0.25, -0.2) is 9.97 Å². The van der Waals surface area contributed by atoms with Crippen molar-refractivity contribution in [2.24, 2.45) is 5.92 Å². The molecular weight excluding hydrogens is 344 g/mol. The molecule has 0 radical (unpaired) electrons. The molecule has 8 heteroatoms. The van der Waals surface area contributed by atoms with Crippen LogP contribution in [-0.4, -0.2) is 45.7 Å². The molecule has 0 aliphatic carbocycles. The number of carbonyl (C=O) groups is 1. The Morgan fingerprint density at radius 3 is 2.67 bits per heavy atom. The molecule has 2 aliphatic heterocycles. The first-order valence-corrected chi connectivity index (χ1v) is 9.74. The van der Waals surface area contributed by atoms with Crippen LogP contribution in [-0.2, 0) is 12.8 Å². The quantitative estimate of drug-likeness (QED) is 0.879. The van der Waals surface area contributed by atoms with E-state index in [2.05, 4.69) is 39.2 Å². The Morgan fingerprint density at radius 1 is 1.22 bits per heavy atom. The number of rotatable bonds is 4. The molecule has 2 aromatic rings. The number of fused-ring (bicyclic) bond motifs is 1. The predicted octanol–water partition coefficient (Wildman–Crippen LogP) is 2.04. The zero-order chi connectivity index (χ0) is 19.0. The molecule has 0 atom stereocenters. The molecule has 144 valence electrons. The summed E-state index contributed by atoms with van der Waals surface area (Å²) in [6.45, 7) is 8.47. The molecule has 0 aromatic carbocycles. The van der Waals surface area contributed by atoms with Gasteiger partial charge in [-0.05, 0) is 25.2 Å². The van der Waals surface area contributed by atoms with E-state index in [0.29, 0.717) is 30.0 Å². The minimum Gasteiger partial charge on any atom is -0.356 e. The Bertz CT molecular complexity index is 839. The topological polar surface area (TPSA) is 97.0 Å². The summed E-state index contributed by atoms with van der Waals surface area (Å²) in [5.74, 6) is 3.78. The highest BCUT2D eigenvalue weighted by Crippen LogP contribution is 2.31. The summed E-state index contributed by atoms with van der Waals surface area (Å²) in [4.78, 5) is 28.5. The van der Waals surface area contributed by atoms with Gasteiger partial charge in [-0.2, -0.15) is 4.98 Å². The van der Waals surface area contributed by atoms with Crippen molar-refractivity contribution < 1.29 is 9.32 Å². The van der Waals surface area contributed by atoms with Gasteiger partial charge in [-0.15, -0.1) is 0 Å². The zero-order valence-electron chi connectivity index (χ0n) is 16.2. The molecule has 0 bridgehead atoms. The van der Waals surface area contributed by atoms with Crippen LogP contribution in [0.5, 0.6) is 0 Å². The minimum atomic E-state index is -0.0814. The Labute approximate surface area is 158 Å². The van der Waals surface area contributed by atoms with Gasteiger partial charge in [-0.3, -0.25) is 4.79 Å². The van der Waals surface area contributed by atoms with Crippen LogP contribution < -0.4 is 10.2 Å². The molecular formula is C19H26N6O2. The molecule has 0 unspecified atom stereocenters. The summed E-state index contributed by atoms with van der Waals surface area (Å²) in [6, 6.07) is 0. The molecule has 4 heterocycles. The zero-order valence-corrected chi connectivity index (χ0v) is 16.2. The van der Waals surface area contributed by atoms with Gasteiger partial charge in [-0.1, -0.05) is 19.0 Å². The maximum atomic E-state index is 12.4. The van der Waals surface area contributed by atoms with Gasteiger partial charge in [0.1, 0.15) is 17.3 Å². The molecule has 2 aromatic heterocycles. The van der Waals surface area contributed by atoms with Gasteiger partial charge >= 0.3 is 0 Å². The number of amides is 1. The first-order valence-electron chi connectivity index (χ1n) is 9.74. The van der Waals surface area contributed by atoms with Crippen LogP contribution >= 0.6 is 0 Å². The molecule has 0 spiro atoms. The predicted molar refractivity (Wildman–Crippen MR) is 99.8 cm³/mol. The van der Waals surface area contributed by atoms with Gasteiger partial charge < -0.3 is 14.7 Å². The van der Waals surface area contributed by atoms with E-state index in [1.54, 1.807) is 0 Å². The molecule has 1 fully saturated rings. The Morgan fingerprint density at radius 2 is 2.00 bits per heavy atom. The first kappa shape index (κ1) is 17.9. The van der Waals surface area contributed by atoms with Crippen molar-refractivity contribution in [2.45, 2.75) is 52.4 Å². The molecule has 1 saturated heterocycles. The molecule has 2 aliphatic rings. The Balaban J connectivity index is 1.59.